The van der Waals surface area contributed by atoms with Gasteiger partial charge in [-0.15, -0.1) is 11.3 Å². The summed E-state index contributed by atoms with van der Waals surface area (Å²) in [4.78, 5) is 1.16. The molecule has 1 aliphatic rings. The Hall–Kier alpha value is -2.67. The molecular weight excluding hydrogens is 310 g/mol. The molecule has 0 saturated heterocycles. The summed E-state index contributed by atoms with van der Waals surface area (Å²) < 4.78 is 7.29. The maximum absolute atomic E-state index is 5.51. The van der Waals surface area contributed by atoms with Crippen molar-refractivity contribution < 1.29 is 4.74 Å². The molecule has 6 nitrogen and oxygen atoms in total. The Balaban J connectivity index is 1.73. The second-order valence-electron chi connectivity index (χ2n) is 5.08. The number of rotatable bonds is 4. The van der Waals surface area contributed by atoms with Crippen LogP contribution in [0.25, 0.3) is 5.70 Å². The third-order valence-electron chi connectivity index (χ3n) is 3.65. The van der Waals surface area contributed by atoms with Crippen molar-refractivity contribution in [3.8, 4) is 5.75 Å². The molecular formula is C16H15N5OS. The van der Waals surface area contributed by atoms with Crippen LogP contribution in [0.2, 0.25) is 0 Å². The van der Waals surface area contributed by atoms with E-state index in [0.29, 0.717) is 12.6 Å². The molecule has 0 radical (unpaired) electrons. The zero-order valence-corrected chi connectivity index (χ0v) is 13.3. The molecule has 3 heterocycles. The van der Waals surface area contributed by atoms with E-state index in [2.05, 4.69) is 50.5 Å². The van der Waals surface area contributed by atoms with Crippen molar-refractivity contribution in [1.82, 2.24) is 20.2 Å². The van der Waals surface area contributed by atoms with Crippen molar-refractivity contribution >= 4 is 23.0 Å². The Morgan fingerprint density at radius 1 is 1.26 bits per heavy atom. The van der Waals surface area contributed by atoms with Gasteiger partial charge in [0.25, 0.3) is 0 Å². The van der Waals surface area contributed by atoms with E-state index in [1.54, 1.807) is 16.0 Å². The SMILES string of the molecule is CCOc1ccc(C2C=C(c3cccs3)Nc3nnnn32)cc1. The second-order valence-corrected chi connectivity index (χ2v) is 6.02. The monoisotopic (exact) mass is 325 g/mol. The molecule has 1 unspecified atom stereocenters. The van der Waals surface area contributed by atoms with Crippen LogP contribution in [-0.4, -0.2) is 26.8 Å². The first-order valence-corrected chi connectivity index (χ1v) is 8.26. The fourth-order valence-corrected chi connectivity index (χ4v) is 3.30. The molecule has 0 amide bonds. The maximum atomic E-state index is 5.51. The van der Waals surface area contributed by atoms with Gasteiger partial charge in [-0.1, -0.05) is 23.3 Å². The number of nitrogens with one attached hydrogen (secondary N) is 1. The average molecular weight is 325 g/mol. The van der Waals surface area contributed by atoms with Crippen LogP contribution in [0.5, 0.6) is 5.75 Å². The van der Waals surface area contributed by atoms with Gasteiger partial charge >= 0.3 is 0 Å². The molecule has 1 aliphatic heterocycles. The van der Waals surface area contributed by atoms with E-state index >= 15 is 0 Å². The molecule has 0 bridgehead atoms. The first-order chi connectivity index (χ1) is 11.3. The quantitative estimate of drug-likeness (QED) is 0.798. The Labute approximate surface area is 137 Å². The lowest BCUT2D eigenvalue weighted by Gasteiger charge is -2.23. The summed E-state index contributed by atoms with van der Waals surface area (Å²) in [6.45, 7) is 2.64. The largest absolute Gasteiger partial charge is 0.494 e. The van der Waals surface area contributed by atoms with E-state index in [1.807, 2.05) is 25.1 Å². The number of aromatic nitrogens is 4. The van der Waals surface area contributed by atoms with Gasteiger partial charge in [0.05, 0.1) is 17.2 Å². The molecule has 2 aromatic heterocycles. The van der Waals surface area contributed by atoms with Gasteiger partial charge < -0.3 is 10.1 Å². The molecule has 7 heteroatoms. The summed E-state index contributed by atoms with van der Waals surface area (Å²) in [6, 6.07) is 12.1. The number of benzene rings is 1. The first kappa shape index (κ1) is 14.0. The minimum absolute atomic E-state index is 0.0472. The lowest BCUT2D eigenvalue weighted by molar-refractivity contribution is 0.340. The van der Waals surface area contributed by atoms with E-state index in [0.717, 1.165) is 21.9 Å². The Morgan fingerprint density at radius 3 is 2.87 bits per heavy atom. The molecule has 0 saturated carbocycles. The maximum Gasteiger partial charge on any atom is 0.248 e. The number of nitrogens with zero attached hydrogens (tertiary/aromatic N) is 4. The van der Waals surface area contributed by atoms with Gasteiger partial charge in [0, 0.05) is 0 Å². The fourth-order valence-electron chi connectivity index (χ4n) is 2.59. The zero-order chi connectivity index (χ0) is 15.6. The van der Waals surface area contributed by atoms with E-state index < -0.39 is 0 Å². The van der Waals surface area contributed by atoms with E-state index in [1.165, 1.54) is 0 Å². The summed E-state index contributed by atoms with van der Waals surface area (Å²) in [5, 5.41) is 17.3. The van der Waals surface area contributed by atoms with Crippen LogP contribution < -0.4 is 10.1 Å². The van der Waals surface area contributed by atoms with Crippen LogP contribution in [0.3, 0.4) is 0 Å². The van der Waals surface area contributed by atoms with Gasteiger partial charge in [-0.25, -0.2) is 0 Å². The van der Waals surface area contributed by atoms with Gasteiger partial charge in [0.15, 0.2) is 0 Å². The lowest BCUT2D eigenvalue weighted by Crippen LogP contribution is -2.19. The Bertz CT molecular complexity index is 823. The smallest absolute Gasteiger partial charge is 0.248 e. The number of thiophene rings is 1. The lowest BCUT2D eigenvalue weighted by atomic mass is 10.0. The predicted octanol–water partition coefficient (Wildman–Crippen LogP) is 3.19. The minimum atomic E-state index is -0.0472. The van der Waals surface area contributed by atoms with E-state index in [9.17, 15) is 0 Å². The summed E-state index contributed by atoms with van der Waals surface area (Å²) >= 11 is 1.68. The van der Waals surface area contributed by atoms with Crippen molar-refractivity contribution in [2.75, 3.05) is 11.9 Å². The van der Waals surface area contributed by atoms with Crippen molar-refractivity contribution in [2.45, 2.75) is 13.0 Å². The molecule has 23 heavy (non-hydrogen) atoms. The van der Waals surface area contributed by atoms with Crippen LogP contribution in [0.1, 0.15) is 23.4 Å². The summed E-state index contributed by atoms with van der Waals surface area (Å²) in [5.41, 5.74) is 2.14. The van der Waals surface area contributed by atoms with Crippen molar-refractivity contribution in [3.63, 3.8) is 0 Å². The summed E-state index contributed by atoms with van der Waals surface area (Å²) in [5.74, 6) is 1.51. The summed E-state index contributed by atoms with van der Waals surface area (Å²) in [7, 11) is 0. The van der Waals surface area contributed by atoms with Crippen LogP contribution in [0.15, 0.2) is 47.9 Å². The van der Waals surface area contributed by atoms with E-state index in [4.69, 9.17) is 4.74 Å². The third-order valence-corrected chi connectivity index (χ3v) is 4.55. The Kier molecular flexibility index (Phi) is 3.55. The normalized spacial score (nSPS) is 16.4. The number of tetrazole rings is 1. The number of hydrogen-bond acceptors (Lipinski definition) is 6. The van der Waals surface area contributed by atoms with Crippen LogP contribution in [0.4, 0.5) is 5.95 Å². The van der Waals surface area contributed by atoms with Gasteiger partial charge in [0.1, 0.15) is 11.8 Å². The second kappa shape index (κ2) is 5.85. The highest BCUT2D eigenvalue weighted by Crippen LogP contribution is 2.33. The highest BCUT2D eigenvalue weighted by atomic mass is 32.1. The average Bonchev–Trinajstić information content (AvgIpc) is 3.26. The van der Waals surface area contributed by atoms with Gasteiger partial charge in [-0.05, 0) is 52.6 Å². The third kappa shape index (κ3) is 2.59. The molecule has 3 aromatic rings. The number of allylic oxidation sites excluding steroid dienone is 1. The highest BCUT2D eigenvalue weighted by Gasteiger charge is 2.24. The molecule has 0 aliphatic carbocycles. The van der Waals surface area contributed by atoms with Crippen molar-refractivity contribution in [3.05, 3.63) is 58.3 Å². The molecule has 1 aromatic carbocycles. The number of hydrogen-bond donors (Lipinski definition) is 1. The fraction of sp³-hybridized carbons (Fsp3) is 0.188. The molecule has 0 spiro atoms. The van der Waals surface area contributed by atoms with Crippen LogP contribution >= 0.6 is 11.3 Å². The highest BCUT2D eigenvalue weighted by molar-refractivity contribution is 7.11. The predicted molar refractivity (Wildman–Crippen MR) is 89.5 cm³/mol. The van der Waals surface area contributed by atoms with Crippen molar-refractivity contribution in [1.29, 1.82) is 0 Å². The number of anilines is 1. The zero-order valence-electron chi connectivity index (χ0n) is 12.5. The van der Waals surface area contributed by atoms with Crippen LogP contribution in [0, 0.1) is 0 Å². The summed E-state index contributed by atoms with van der Waals surface area (Å²) in [6.07, 6.45) is 2.14. The standard InChI is InChI=1S/C16H15N5OS/c1-2-22-12-7-5-11(6-8-12)14-10-13(15-4-3-9-23-15)17-16-18-19-20-21(14)16/h3-10,14H,2H2,1H3,(H,17,18,20). The minimum Gasteiger partial charge on any atom is -0.494 e. The molecule has 0 fully saturated rings. The van der Waals surface area contributed by atoms with Gasteiger partial charge in [-0.3, -0.25) is 0 Å². The molecule has 1 atom stereocenters. The number of fused-ring (bicyclic) bond motifs is 1. The Morgan fingerprint density at radius 2 is 2.13 bits per heavy atom. The molecule has 116 valence electrons. The first-order valence-electron chi connectivity index (χ1n) is 7.38. The van der Waals surface area contributed by atoms with Gasteiger partial charge in [-0.2, -0.15) is 4.68 Å². The van der Waals surface area contributed by atoms with Gasteiger partial charge in [0.2, 0.25) is 5.95 Å². The molecule has 1 N–H and O–H groups in total. The van der Waals surface area contributed by atoms with E-state index in [-0.39, 0.29) is 6.04 Å². The van der Waals surface area contributed by atoms with Crippen LogP contribution in [-0.2, 0) is 0 Å². The number of ether oxygens (including phenoxy) is 1. The van der Waals surface area contributed by atoms with Crippen molar-refractivity contribution in [2.24, 2.45) is 0 Å². The molecule has 4 rings (SSSR count). The topological polar surface area (TPSA) is 64.9 Å².